The van der Waals surface area contributed by atoms with Crippen LogP contribution < -0.4 is 10.2 Å². The number of benzene rings is 1. The fourth-order valence-corrected chi connectivity index (χ4v) is 3.85. The Labute approximate surface area is 167 Å². The SMILES string of the molecule is CNc1nc(CO)nc2c1C(C)(C)C(=O)N2c1cc(F)c2c(cnn2C(C)C)c1. The van der Waals surface area contributed by atoms with Gasteiger partial charge in [-0.3, -0.25) is 14.4 Å². The number of nitrogens with one attached hydrogen (secondary N) is 1. The van der Waals surface area contributed by atoms with Gasteiger partial charge >= 0.3 is 0 Å². The van der Waals surface area contributed by atoms with E-state index in [0.29, 0.717) is 33.8 Å². The summed E-state index contributed by atoms with van der Waals surface area (Å²) in [6.45, 7) is 7.04. The highest BCUT2D eigenvalue weighted by molar-refractivity contribution is 6.13. The Morgan fingerprint density at radius 3 is 2.62 bits per heavy atom. The maximum atomic E-state index is 15.1. The number of nitrogens with zero attached hydrogens (tertiary/aromatic N) is 5. The fraction of sp³-hybridized carbons (Fsp3) is 0.400. The van der Waals surface area contributed by atoms with Crippen molar-refractivity contribution in [2.45, 2.75) is 45.8 Å². The van der Waals surface area contributed by atoms with Crippen molar-refractivity contribution in [1.82, 2.24) is 19.7 Å². The molecule has 0 saturated heterocycles. The minimum atomic E-state index is -0.921. The summed E-state index contributed by atoms with van der Waals surface area (Å²) in [6, 6.07) is 3.05. The third kappa shape index (κ3) is 2.68. The molecule has 1 aromatic carbocycles. The standard InChI is InChI=1S/C20H23FN6O2/c1-10(2)27-16-11(8-23-27)6-12(7-13(16)21)26-18-15(20(3,4)19(26)29)17(22-5)24-14(9-28)25-18/h6-8,10,28H,9H2,1-5H3,(H,22,24,25). The number of aliphatic hydroxyl groups is 1. The van der Waals surface area contributed by atoms with Gasteiger partial charge in [-0.2, -0.15) is 5.10 Å². The molecular formula is C20H23FN6O2. The number of rotatable bonds is 4. The van der Waals surface area contributed by atoms with Crippen LogP contribution in [0.4, 0.5) is 21.7 Å². The molecule has 0 aliphatic carbocycles. The van der Waals surface area contributed by atoms with Gasteiger partial charge in [-0.05, 0) is 33.8 Å². The number of carbonyl (C=O) groups is 1. The third-order valence-corrected chi connectivity index (χ3v) is 5.26. The molecular weight excluding hydrogens is 375 g/mol. The van der Waals surface area contributed by atoms with Crippen molar-refractivity contribution in [2.24, 2.45) is 0 Å². The Balaban J connectivity index is 1.96. The number of hydrogen-bond donors (Lipinski definition) is 2. The molecule has 152 valence electrons. The highest BCUT2D eigenvalue weighted by Gasteiger charge is 2.48. The van der Waals surface area contributed by atoms with Crippen LogP contribution >= 0.6 is 0 Å². The van der Waals surface area contributed by atoms with Gasteiger partial charge in [0.2, 0.25) is 5.91 Å². The predicted molar refractivity (Wildman–Crippen MR) is 108 cm³/mol. The van der Waals surface area contributed by atoms with E-state index >= 15 is 4.39 Å². The molecule has 2 N–H and O–H groups in total. The zero-order chi connectivity index (χ0) is 21.1. The summed E-state index contributed by atoms with van der Waals surface area (Å²) in [5.74, 6) is 0.279. The number of carbonyl (C=O) groups excluding carboxylic acids is 1. The maximum absolute atomic E-state index is 15.1. The van der Waals surface area contributed by atoms with Gasteiger partial charge in [-0.25, -0.2) is 14.4 Å². The smallest absolute Gasteiger partial charge is 0.243 e. The lowest BCUT2D eigenvalue weighted by Gasteiger charge is -2.20. The van der Waals surface area contributed by atoms with Gasteiger partial charge in [0.15, 0.2) is 11.6 Å². The molecule has 3 aromatic rings. The summed E-state index contributed by atoms with van der Waals surface area (Å²) in [5.41, 5.74) is 0.444. The van der Waals surface area contributed by atoms with Crippen molar-refractivity contribution >= 4 is 34.1 Å². The van der Waals surface area contributed by atoms with Crippen LogP contribution in [0.3, 0.4) is 0 Å². The number of amides is 1. The predicted octanol–water partition coefficient (Wildman–Crippen LogP) is 3.04. The highest BCUT2D eigenvalue weighted by atomic mass is 19.1. The van der Waals surface area contributed by atoms with E-state index in [1.807, 2.05) is 13.8 Å². The quantitative estimate of drug-likeness (QED) is 0.701. The van der Waals surface area contributed by atoms with Gasteiger partial charge in [0.25, 0.3) is 0 Å². The third-order valence-electron chi connectivity index (χ3n) is 5.26. The number of fused-ring (bicyclic) bond motifs is 2. The number of hydrogen-bond acceptors (Lipinski definition) is 6. The second-order valence-electron chi connectivity index (χ2n) is 7.91. The maximum Gasteiger partial charge on any atom is 0.243 e. The molecule has 1 amide bonds. The fourth-order valence-electron chi connectivity index (χ4n) is 3.85. The molecule has 1 aliphatic rings. The molecule has 29 heavy (non-hydrogen) atoms. The van der Waals surface area contributed by atoms with Gasteiger partial charge in [-0.1, -0.05) is 0 Å². The van der Waals surface area contributed by atoms with Crippen molar-refractivity contribution in [3.63, 3.8) is 0 Å². The summed E-state index contributed by atoms with van der Waals surface area (Å²) in [4.78, 5) is 23.4. The van der Waals surface area contributed by atoms with Crippen LogP contribution in [0.2, 0.25) is 0 Å². The summed E-state index contributed by atoms with van der Waals surface area (Å²) >= 11 is 0. The van der Waals surface area contributed by atoms with Crippen LogP contribution in [0.1, 0.15) is 45.1 Å². The highest BCUT2D eigenvalue weighted by Crippen LogP contribution is 2.47. The van der Waals surface area contributed by atoms with Gasteiger partial charge in [0, 0.05) is 24.5 Å². The Morgan fingerprint density at radius 1 is 1.28 bits per heavy atom. The number of anilines is 3. The average molecular weight is 398 g/mol. The molecule has 9 heteroatoms. The molecule has 8 nitrogen and oxygen atoms in total. The number of aromatic nitrogens is 4. The number of halogens is 1. The second-order valence-corrected chi connectivity index (χ2v) is 7.91. The van der Waals surface area contributed by atoms with E-state index in [-0.39, 0.29) is 24.4 Å². The monoisotopic (exact) mass is 398 g/mol. The van der Waals surface area contributed by atoms with Crippen molar-refractivity contribution in [1.29, 1.82) is 0 Å². The molecule has 0 atom stereocenters. The van der Waals surface area contributed by atoms with Crippen LogP contribution in [0.15, 0.2) is 18.3 Å². The van der Waals surface area contributed by atoms with Crippen LogP contribution in [0, 0.1) is 5.82 Å². The van der Waals surface area contributed by atoms with Crippen molar-refractivity contribution in [3.8, 4) is 0 Å². The lowest BCUT2D eigenvalue weighted by molar-refractivity contribution is -0.121. The summed E-state index contributed by atoms with van der Waals surface area (Å²) in [5, 5.41) is 17.4. The first-order valence-corrected chi connectivity index (χ1v) is 9.42. The Kier molecular flexibility index (Phi) is 4.30. The van der Waals surface area contributed by atoms with E-state index in [4.69, 9.17) is 0 Å². The molecule has 0 saturated carbocycles. The molecule has 0 spiro atoms. The Morgan fingerprint density at radius 2 is 2.00 bits per heavy atom. The van der Waals surface area contributed by atoms with Gasteiger partial charge in [0.05, 0.1) is 22.9 Å². The normalized spacial score (nSPS) is 15.4. The van der Waals surface area contributed by atoms with E-state index < -0.39 is 11.2 Å². The van der Waals surface area contributed by atoms with Gasteiger partial charge < -0.3 is 10.4 Å². The average Bonchev–Trinajstić information content (AvgIpc) is 3.19. The van der Waals surface area contributed by atoms with Crippen LogP contribution in [-0.4, -0.2) is 37.8 Å². The first-order valence-electron chi connectivity index (χ1n) is 9.42. The minimum absolute atomic E-state index is 0.000955. The molecule has 4 rings (SSSR count). The minimum Gasteiger partial charge on any atom is -0.388 e. The van der Waals surface area contributed by atoms with Crippen LogP contribution in [0.5, 0.6) is 0 Å². The zero-order valence-corrected chi connectivity index (χ0v) is 17.0. The van der Waals surface area contributed by atoms with E-state index in [0.717, 1.165) is 0 Å². The lowest BCUT2D eigenvalue weighted by Crippen LogP contribution is -2.33. The summed E-state index contributed by atoms with van der Waals surface area (Å²) < 4.78 is 16.7. The van der Waals surface area contributed by atoms with Crippen molar-refractivity contribution < 1.29 is 14.3 Å². The van der Waals surface area contributed by atoms with E-state index in [1.165, 1.54) is 11.0 Å². The molecule has 3 heterocycles. The molecule has 2 aromatic heterocycles. The van der Waals surface area contributed by atoms with Crippen LogP contribution in [-0.2, 0) is 16.8 Å². The lowest BCUT2D eigenvalue weighted by atomic mass is 9.87. The molecule has 1 aliphatic heterocycles. The summed E-state index contributed by atoms with van der Waals surface area (Å²) in [6.07, 6.45) is 1.59. The number of aliphatic hydroxyl groups excluding tert-OH is 1. The molecule has 0 radical (unpaired) electrons. The largest absolute Gasteiger partial charge is 0.388 e. The Hall–Kier alpha value is -3.07. The van der Waals surface area contributed by atoms with Crippen LogP contribution in [0.25, 0.3) is 10.9 Å². The van der Waals surface area contributed by atoms with E-state index in [2.05, 4.69) is 20.4 Å². The first-order chi connectivity index (χ1) is 13.7. The summed E-state index contributed by atoms with van der Waals surface area (Å²) in [7, 11) is 1.69. The first kappa shape index (κ1) is 19.3. The molecule has 0 bridgehead atoms. The van der Waals surface area contributed by atoms with Gasteiger partial charge in [-0.15, -0.1) is 0 Å². The Bertz CT molecular complexity index is 1140. The topological polar surface area (TPSA) is 96.2 Å². The van der Waals surface area contributed by atoms with Crippen molar-refractivity contribution in [2.75, 3.05) is 17.3 Å². The molecule has 0 fully saturated rings. The van der Waals surface area contributed by atoms with E-state index in [1.54, 1.807) is 37.8 Å². The zero-order valence-electron chi connectivity index (χ0n) is 17.0. The van der Waals surface area contributed by atoms with Crippen molar-refractivity contribution in [3.05, 3.63) is 35.5 Å². The second kappa shape index (κ2) is 6.48. The van der Waals surface area contributed by atoms with Gasteiger partial charge in [0.1, 0.15) is 23.8 Å². The molecule has 0 unspecified atom stereocenters. The van der Waals surface area contributed by atoms with E-state index in [9.17, 15) is 9.90 Å².